The van der Waals surface area contributed by atoms with Crippen molar-refractivity contribution in [3.05, 3.63) is 0 Å². The zero-order chi connectivity index (χ0) is 12.1. The summed E-state index contributed by atoms with van der Waals surface area (Å²) in [5.41, 5.74) is -0.184. The molecule has 2 amide bonds. The average molecular weight is 220 g/mol. The first kappa shape index (κ1) is 11.1. The van der Waals surface area contributed by atoms with Gasteiger partial charge in [-0.05, 0) is 11.8 Å². The predicted octanol–water partition coefficient (Wildman–Crippen LogP) is 1.32. The normalized spacial score (nSPS) is 32.2. The lowest BCUT2D eigenvalue weighted by Gasteiger charge is -2.24. The number of imide groups is 1. The molecule has 4 nitrogen and oxygen atoms in total. The molecule has 4 heteroatoms. The van der Waals surface area contributed by atoms with Crippen LogP contribution < -0.4 is 0 Å². The van der Waals surface area contributed by atoms with Gasteiger partial charge in [0.05, 0.1) is 17.9 Å². The van der Waals surface area contributed by atoms with Gasteiger partial charge in [0.1, 0.15) is 6.04 Å². The fraction of sp³-hybridized carbons (Fsp3) is 0.750. The lowest BCUT2D eigenvalue weighted by molar-refractivity contribution is -0.144. The second kappa shape index (κ2) is 3.31. The summed E-state index contributed by atoms with van der Waals surface area (Å²) in [5, 5.41) is 8.99. The van der Waals surface area contributed by atoms with E-state index >= 15 is 0 Å². The van der Waals surface area contributed by atoms with Crippen molar-refractivity contribution in [3.63, 3.8) is 0 Å². The fourth-order valence-electron chi connectivity index (χ4n) is 2.80. The first-order chi connectivity index (χ1) is 7.46. The highest BCUT2D eigenvalue weighted by molar-refractivity contribution is 6.10. The van der Waals surface area contributed by atoms with Crippen molar-refractivity contribution >= 4 is 11.8 Å². The summed E-state index contributed by atoms with van der Waals surface area (Å²) in [4.78, 5) is 25.2. The van der Waals surface area contributed by atoms with Gasteiger partial charge in [-0.2, -0.15) is 5.26 Å². The fourth-order valence-corrected chi connectivity index (χ4v) is 2.80. The van der Waals surface area contributed by atoms with Gasteiger partial charge in [-0.25, -0.2) is 0 Å². The van der Waals surface area contributed by atoms with Crippen LogP contribution in [0.2, 0.25) is 0 Å². The van der Waals surface area contributed by atoms with Crippen molar-refractivity contribution in [3.8, 4) is 6.07 Å². The molecule has 1 aliphatic heterocycles. The van der Waals surface area contributed by atoms with Crippen LogP contribution in [0.1, 0.15) is 33.6 Å². The molecule has 1 aliphatic carbocycles. The van der Waals surface area contributed by atoms with E-state index in [0.717, 1.165) is 6.42 Å². The number of piperidine rings is 1. The number of nitriles is 1. The summed E-state index contributed by atoms with van der Waals surface area (Å²) in [5.74, 6) is -0.625. The molecule has 2 rings (SSSR count). The summed E-state index contributed by atoms with van der Waals surface area (Å²) >= 11 is 0. The molecule has 3 atom stereocenters. The number of likely N-dealkylation sites (tertiary alicyclic amines) is 1. The van der Waals surface area contributed by atoms with Crippen molar-refractivity contribution in [1.82, 2.24) is 4.90 Å². The molecule has 0 aromatic heterocycles. The maximum Gasteiger partial charge on any atom is 0.234 e. The molecule has 0 aromatic carbocycles. The Labute approximate surface area is 95.2 Å². The van der Waals surface area contributed by atoms with E-state index in [1.807, 2.05) is 20.8 Å². The molecule has 1 heterocycles. The van der Waals surface area contributed by atoms with Gasteiger partial charge in [-0.1, -0.05) is 27.2 Å². The van der Waals surface area contributed by atoms with Crippen molar-refractivity contribution < 1.29 is 9.59 Å². The third kappa shape index (κ3) is 1.21. The molecule has 0 aromatic rings. The van der Waals surface area contributed by atoms with Gasteiger partial charge in [0.25, 0.3) is 0 Å². The number of hydrogen-bond donors (Lipinski definition) is 0. The van der Waals surface area contributed by atoms with E-state index in [0.29, 0.717) is 6.42 Å². The highest BCUT2D eigenvalue weighted by atomic mass is 16.2. The highest BCUT2D eigenvalue weighted by Gasteiger charge is 2.73. The Morgan fingerprint density at radius 3 is 2.25 bits per heavy atom. The summed E-state index contributed by atoms with van der Waals surface area (Å²) < 4.78 is 0. The second-order valence-electron chi connectivity index (χ2n) is 5.26. The molecule has 1 saturated heterocycles. The maximum atomic E-state index is 12.0. The Kier molecular flexibility index (Phi) is 2.30. The van der Waals surface area contributed by atoms with E-state index in [1.165, 1.54) is 4.90 Å². The van der Waals surface area contributed by atoms with Gasteiger partial charge in [0.2, 0.25) is 11.8 Å². The highest BCUT2D eigenvalue weighted by Crippen LogP contribution is 2.63. The third-order valence-corrected chi connectivity index (χ3v) is 3.86. The minimum Gasteiger partial charge on any atom is -0.274 e. The maximum absolute atomic E-state index is 12.0. The minimum atomic E-state index is -0.561. The lowest BCUT2D eigenvalue weighted by atomic mass is 10.0. The molecule has 2 aliphatic rings. The Balaban J connectivity index is 2.19. The van der Waals surface area contributed by atoms with Crippen molar-refractivity contribution in [2.45, 2.75) is 39.7 Å². The topological polar surface area (TPSA) is 61.2 Å². The van der Waals surface area contributed by atoms with Gasteiger partial charge in [0.15, 0.2) is 0 Å². The number of amides is 2. The van der Waals surface area contributed by atoms with Gasteiger partial charge in [-0.15, -0.1) is 0 Å². The quantitative estimate of drug-likeness (QED) is 0.674. The molecule has 16 heavy (non-hydrogen) atoms. The van der Waals surface area contributed by atoms with Crippen molar-refractivity contribution in [1.29, 1.82) is 5.26 Å². The van der Waals surface area contributed by atoms with Crippen LogP contribution >= 0.6 is 0 Å². The van der Waals surface area contributed by atoms with Crippen LogP contribution in [0.4, 0.5) is 0 Å². The summed E-state index contributed by atoms with van der Waals surface area (Å²) in [6, 6.07) is 1.50. The van der Waals surface area contributed by atoms with Crippen LogP contribution in [-0.2, 0) is 9.59 Å². The molecular formula is C12H16N2O2. The van der Waals surface area contributed by atoms with E-state index in [9.17, 15) is 9.59 Å². The second-order valence-corrected chi connectivity index (χ2v) is 5.26. The Hall–Kier alpha value is -1.37. The van der Waals surface area contributed by atoms with Gasteiger partial charge in [0, 0.05) is 0 Å². The van der Waals surface area contributed by atoms with Crippen molar-refractivity contribution in [2.24, 2.45) is 17.3 Å². The van der Waals surface area contributed by atoms with Crippen LogP contribution in [-0.4, -0.2) is 22.8 Å². The molecule has 0 spiro atoms. The first-order valence-electron chi connectivity index (χ1n) is 5.73. The van der Waals surface area contributed by atoms with E-state index in [4.69, 9.17) is 5.26 Å². The summed E-state index contributed by atoms with van der Waals surface area (Å²) in [6.07, 6.45) is 1.38. The number of hydrogen-bond acceptors (Lipinski definition) is 3. The van der Waals surface area contributed by atoms with Gasteiger partial charge >= 0.3 is 0 Å². The number of rotatable bonds is 3. The monoisotopic (exact) mass is 220 g/mol. The summed E-state index contributed by atoms with van der Waals surface area (Å²) in [6.45, 7) is 5.83. The Bertz CT molecular complexity index is 370. The summed E-state index contributed by atoms with van der Waals surface area (Å²) in [7, 11) is 0. The first-order valence-corrected chi connectivity index (χ1v) is 5.73. The third-order valence-electron chi connectivity index (χ3n) is 3.86. The number of fused-ring (bicyclic) bond motifs is 1. The standard InChI is InChI=1S/C12H16N2O2/c1-4-5-7(6-13)14-10(15)8-9(11(14)16)12(8,2)3/h7-9H,4-5H2,1-3H3. The average Bonchev–Trinajstić information content (AvgIpc) is 2.67. The molecule has 1 saturated carbocycles. The van der Waals surface area contributed by atoms with E-state index < -0.39 is 6.04 Å². The van der Waals surface area contributed by atoms with Crippen LogP contribution in [0.5, 0.6) is 0 Å². The molecular weight excluding hydrogens is 204 g/mol. The Morgan fingerprint density at radius 2 is 1.88 bits per heavy atom. The largest absolute Gasteiger partial charge is 0.274 e. The van der Waals surface area contributed by atoms with Gasteiger partial charge < -0.3 is 0 Å². The van der Waals surface area contributed by atoms with E-state index in [1.54, 1.807) is 0 Å². The molecule has 2 fully saturated rings. The Morgan fingerprint density at radius 1 is 1.38 bits per heavy atom. The van der Waals surface area contributed by atoms with Crippen LogP contribution in [0, 0.1) is 28.6 Å². The van der Waals surface area contributed by atoms with E-state index in [2.05, 4.69) is 6.07 Å². The van der Waals surface area contributed by atoms with Gasteiger partial charge in [-0.3, -0.25) is 14.5 Å². The SMILES string of the molecule is CCCC(C#N)N1C(=O)C2C(C1=O)C2(C)C. The molecule has 0 radical (unpaired) electrons. The number of carbonyl (C=O) groups excluding carboxylic acids is 2. The van der Waals surface area contributed by atoms with E-state index in [-0.39, 0.29) is 29.1 Å². The van der Waals surface area contributed by atoms with Crippen molar-refractivity contribution in [2.75, 3.05) is 0 Å². The molecule has 3 unspecified atom stereocenters. The predicted molar refractivity (Wildman–Crippen MR) is 56.9 cm³/mol. The smallest absolute Gasteiger partial charge is 0.234 e. The van der Waals surface area contributed by atoms with Crippen LogP contribution in [0.3, 0.4) is 0 Å². The van der Waals surface area contributed by atoms with Crippen LogP contribution in [0.25, 0.3) is 0 Å². The lowest BCUT2D eigenvalue weighted by Crippen LogP contribution is -2.43. The molecule has 0 bridgehead atoms. The molecule has 0 N–H and O–H groups in total. The number of nitrogens with zero attached hydrogens (tertiary/aromatic N) is 2. The number of carbonyl (C=O) groups is 2. The minimum absolute atomic E-state index is 0.139. The van der Waals surface area contributed by atoms with Crippen LogP contribution in [0.15, 0.2) is 0 Å². The zero-order valence-corrected chi connectivity index (χ0v) is 9.86. The molecule has 86 valence electrons. The zero-order valence-electron chi connectivity index (χ0n) is 9.86.